The summed E-state index contributed by atoms with van der Waals surface area (Å²) >= 11 is 11.8. The molecule has 0 saturated heterocycles. The summed E-state index contributed by atoms with van der Waals surface area (Å²) in [5, 5.41) is 6.30. The lowest BCUT2D eigenvalue weighted by Crippen LogP contribution is -2.32. The van der Waals surface area contributed by atoms with E-state index in [1.165, 1.54) is 5.56 Å². The minimum absolute atomic E-state index is 0.339. The van der Waals surface area contributed by atoms with Crippen molar-refractivity contribution in [3.63, 3.8) is 0 Å². The van der Waals surface area contributed by atoms with E-state index in [4.69, 9.17) is 27.9 Å². The second kappa shape index (κ2) is 8.65. The van der Waals surface area contributed by atoms with Crippen LogP contribution in [0.15, 0.2) is 42.5 Å². The van der Waals surface area contributed by atoms with Crippen molar-refractivity contribution in [2.75, 3.05) is 18.5 Å². The lowest BCUT2D eigenvalue weighted by atomic mass is 10.2. The van der Waals surface area contributed by atoms with Crippen molar-refractivity contribution in [2.24, 2.45) is 0 Å². The van der Waals surface area contributed by atoms with Gasteiger partial charge in [-0.1, -0.05) is 42.3 Å². The maximum atomic E-state index is 11.8. The van der Waals surface area contributed by atoms with Crippen molar-refractivity contribution in [3.8, 4) is 5.75 Å². The second-order valence-corrected chi connectivity index (χ2v) is 5.76. The zero-order valence-corrected chi connectivity index (χ0v) is 14.2. The molecule has 0 aliphatic carbocycles. The van der Waals surface area contributed by atoms with Crippen molar-refractivity contribution < 1.29 is 9.53 Å². The van der Waals surface area contributed by atoms with Crippen LogP contribution < -0.4 is 15.4 Å². The summed E-state index contributed by atoms with van der Waals surface area (Å²) in [6.45, 7) is 2.86. The number of halogens is 2. The highest BCUT2D eigenvalue weighted by Gasteiger charge is 2.03. The molecule has 0 heterocycles. The molecule has 2 N–H and O–H groups in total. The van der Waals surface area contributed by atoms with Crippen LogP contribution in [-0.4, -0.2) is 19.2 Å². The first-order chi connectivity index (χ1) is 11.1. The van der Waals surface area contributed by atoms with Gasteiger partial charge in [0.25, 0.3) is 0 Å². The largest absolute Gasteiger partial charge is 0.492 e. The highest BCUT2D eigenvalue weighted by Crippen LogP contribution is 2.22. The van der Waals surface area contributed by atoms with Gasteiger partial charge in [-0.3, -0.25) is 0 Å². The quantitative estimate of drug-likeness (QED) is 0.736. The SMILES string of the molecule is CCc1cccc(OCCNC(=O)Nc2cc(Cl)cc(Cl)c2)c1. The molecule has 2 aromatic rings. The minimum atomic E-state index is -0.339. The van der Waals surface area contributed by atoms with Gasteiger partial charge in [-0.05, 0) is 42.3 Å². The summed E-state index contributed by atoms with van der Waals surface area (Å²) in [5.74, 6) is 0.799. The molecule has 0 saturated carbocycles. The number of ether oxygens (including phenoxy) is 1. The molecule has 0 aliphatic rings. The van der Waals surface area contributed by atoms with E-state index >= 15 is 0 Å². The number of nitrogens with one attached hydrogen (secondary N) is 2. The van der Waals surface area contributed by atoms with Gasteiger partial charge in [-0.2, -0.15) is 0 Å². The van der Waals surface area contributed by atoms with Crippen molar-refractivity contribution in [3.05, 3.63) is 58.1 Å². The molecule has 0 aliphatic heterocycles. The number of rotatable bonds is 6. The Balaban J connectivity index is 1.74. The Labute approximate surface area is 145 Å². The smallest absolute Gasteiger partial charge is 0.319 e. The number of amides is 2. The van der Waals surface area contributed by atoms with E-state index in [1.807, 2.05) is 18.2 Å². The maximum Gasteiger partial charge on any atom is 0.319 e. The van der Waals surface area contributed by atoms with Crippen LogP contribution in [0.2, 0.25) is 10.0 Å². The first-order valence-corrected chi connectivity index (χ1v) is 8.05. The van der Waals surface area contributed by atoms with Gasteiger partial charge in [0.05, 0.1) is 6.54 Å². The normalized spacial score (nSPS) is 10.2. The first-order valence-electron chi connectivity index (χ1n) is 7.29. The molecule has 6 heteroatoms. The van der Waals surface area contributed by atoms with Crippen LogP contribution in [0, 0.1) is 0 Å². The van der Waals surface area contributed by atoms with Crippen molar-refractivity contribution in [2.45, 2.75) is 13.3 Å². The van der Waals surface area contributed by atoms with Crippen molar-refractivity contribution in [1.82, 2.24) is 5.32 Å². The first kappa shape index (κ1) is 17.4. The number of anilines is 1. The molecule has 122 valence electrons. The number of aryl methyl sites for hydroxylation is 1. The molecule has 4 nitrogen and oxygen atoms in total. The van der Waals surface area contributed by atoms with Crippen LogP contribution in [0.5, 0.6) is 5.75 Å². The van der Waals surface area contributed by atoms with Gasteiger partial charge in [0, 0.05) is 15.7 Å². The van der Waals surface area contributed by atoms with Crippen molar-refractivity contribution >= 4 is 34.9 Å². The van der Waals surface area contributed by atoms with E-state index in [1.54, 1.807) is 18.2 Å². The minimum Gasteiger partial charge on any atom is -0.492 e. The average Bonchev–Trinajstić information content (AvgIpc) is 2.51. The molecule has 23 heavy (non-hydrogen) atoms. The fourth-order valence-corrected chi connectivity index (χ4v) is 2.52. The van der Waals surface area contributed by atoms with Crippen LogP contribution in [0.3, 0.4) is 0 Å². The molecule has 0 atom stereocenters. The molecule has 0 radical (unpaired) electrons. The molecule has 2 rings (SSSR count). The maximum absolute atomic E-state index is 11.8. The standard InChI is InChI=1S/C17H18Cl2N2O2/c1-2-12-4-3-5-16(8-12)23-7-6-20-17(22)21-15-10-13(18)9-14(19)11-15/h3-5,8-11H,2,6-7H2,1H3,(H2,20,21,22). The predicted octanol–water partition coefficient (Wildman–Crippen LogP) is 4.76. The highest BCUT2D eigenvalue weighted by atomic mass is 35.5. The van der Waals surface area contributed by atoms with Crippen LogP contribution in [-0.2, 0) is 6.42 Å². The molecule has 0 unspecified atom stereocenters. The Hall–Kier alpha value is -1.91. The van der Waals surface area contributed by atoms with Gasteiger partial charge in [0.2, 0.25) is 0 Å². The molecule has 0 fully saturated rings. The van der Waals surface area contributed by atoms with Gasteiger partial charge in [-0.25, -0.2) is 4.79 Å². The van der Waals surface area contributed by atoms with E-state index in [0.29, 0.717) is 28.9 Å². The third kappa shape index (κ3) is 6.00. The van der Waals surface area contributed by atoms with E-state index in [0.717, 1.165) is 12.2 Å². The Morgan fingerprint density at radius 3 is 2.57 bits per heavy atom. The zero-order chi connectivity index (χ0) is 16.7. The molecular weight excluding hydrogens is 335 g/mol. The average molecular weight is 353 g/mol. The number of benzene rings is 2. The summed E-state index contributed by atoms with van der Waals surface area (Å²) in [7, 11) is 0. The monoisotopic (exact) mass is 352 g/mol. The molecule has 0 spiro atoms. The highest BCUT2D eigenvalue weighted by molar-refractivity contribution is 6.35. The predicted molar refractivity (Wildman–Crippen MR) is 94.8 cm³/mol. The molecule has 2 amide bonds. The van der Waals surface area contributed by atoms with Crippen LogP contribution in [0.25, 0.3) is 0 Å². The zero-order valence-electron chi connectivity index (χ0n) is 12.7. The van der Waals surface area contributed by atoms with Gasteiger partial charge in [0.1, 0.15) is 12.4 Å². The van der Waals surface area contributed by atoms with Gasteiger partial charge < -0.3 is 15.4 Å². The van der Waals surface area contributed by atoms with E-state index < -0.39 is 0 Å². The lowest BCUT2D eigenvalue weighted by molar-refractivity contribution is 0.247. The van der Waals surface area contributed by atoms with Crippen molar-refractivity contribution in [1.29, 1.82) is 0 Å². The number of carbonyl (C=O) groups is 1. The summed E-state index contributed by atoms with van der Waals surface area (Å²) in [5.41, 5.74) is 1.75. The summed E-state index contributed by atoms with van der Waals surface area (Å²) in [6.07, 6.45) is 0.958. The van der Waals surface area contributed by atoms with E-state index in [-0.39, 0.29) is 6.03 Å². The second-order valence-electron chi connectivity index (χ2n) is 4.89. The van der Waals surface area contributed by atoms with Gasteiger partial charge in [-0.15, -0.1) is 0 Å². The third-order valence-electron chi connectivity index (χ3n) is 3.08. The fourth-order valence-electron chi connectivity index (χ4n) is 1.99. The van der Waals surface area contributed by atoms with Crippen LogP contribution in [0.4, 0.5) is 10.5 Å². The molecule has 2 aromatic carbocycles. The molecule has 0 aromatic heterocycles. The summed E-state index contributed by atoms with van der Waals surface area (Å²) in [4.78, 5) is 11.8. The number of carbonyl (C=O) groups excluding carboxylic acids is 1. The topological polar surface area (TPSA) is 50.4 Å². The third-order valence-corrected chi connectivity index (χ3v) is 3.52. The molecular formula is C17H18Cl2N2O2. The lowest BCUT2D eigenvalue weighted by Gasteiger charge is -2.10. The van der Waals surface area contributed by atoms with Gasteiger partial charge in [0.15, 0.2) is 0 Å². The Morgan fingerprint density at radius 1 is 1.13 bits per heavy atom. The van der Waals surface area contributed by atoms with E-state index in [9.17, 15) is 4.79 Å². The number of hydrogen-bond donors (Lipinski definition) is 2. The number of hydrogen-bond acceptors (Lipinski definition) is 2. The number of urea groups is 1. The van der Waals surface area contributed by atoms with Crippen LogP contribution >= 0.6 is 23.2 Å². The fraction of sp³-hybridized carbons (Fsp3) is 0.235. The Morgan fingerprint density at radius 2 is 1.87 bits per heavy atom. The van der Waals surface area contributed by atoms with E-state index in [2.05, 4.69) is 23.6 Å². The van der Waals surface area contributed by atoms with Crippen LogP contribution in [0.1, 0.15) is 12.5 Å². The van der Waals surface area contributed by atoms with Gasteiger partial charge >= 0.3 is 6.03 Å². The molecule has 0 bridgehead atoms. The Bertz CT molecular complexity index is 657. The summed E-state index contributed by atoms with van der Waals surface area (Å²) in [6, 6.07) is 12.4. The Kier molecular flexibility index (Phi) is 6.56. The summed E-state index contributed by atoms with van der Waals surface area (Å²) < 4.78 is 5.60.